The van der Waals surface area contributed by atoms with Crippen LogP contribution in [0.5, 0.6) is 11.5 Å². The largest absolute Gasteiger partial charge is 0.497 e. The molecule has 1 amide bonds. The van der Waals surface area contributed by atoms with E-state index in [1.165, 1.54) is 23.5 Å². The number of hydrogen-bond acceptors (Lipinski definition) is 6. The number of ether oxygens (including phenoxy) is 2. The molecule has 3 aromatic carbocycles. The Labute approximate surface area is 229 Å². The molecule has 1 heterocycles. The summed E-state index contributed by atoms with van der Waals surface area (Å²) >= 11 is 0. The highest BCUT2D eigenvalue weighted by Crippen LogP contribution is 2.26. The monoisotopic (exact) mass is 548 g/mol. The van der Waals surface area contributed by atoms with Gasteiger partial charge in [-0.05, 0) is 66.6 Å². The quantitative estimate of drug-likeness (QED) is 0.288. The molecular formula is C29H32N4O5S. The Morgan fingerprint density at radius 1 is 0.923 bits per heavy atom. The average Bonchev–Trinajstić information content (AvgIpc) is 3.36. The Morgan fingerprint density at radius 3 is 2.08 bits per heavy atom. The maximum atomic E-state index is 13.5. The number of sulfonamides is 1. The number of benzene rings is 3. The molecule has 1 N–H and O–H groups in total. The molecule has 0 radical (unpaired) electrons. The summed E-state index contributed by atoms with van der Waals surface area (Å²) in [5, 5.41) is 2.83. The van der Waals surface area contributed by atoms with Crippen molar-refractivity contribution in [2.24, 2.45) is 5.92 Å². The van der Waals surface area contributed by atoms with Gasteiger partial charge in [0.05, 0.1) is 31.4 Å². The molecule has 9 nitrogen and oxygen atoms in total. The van der Waals surface area contributed by atoms with Crippen LogP contribution in [0.1, 0.15) is 13.8 Å². The lowest BCUT2D eigenvalue weighted by molar-refractivity contribution is -0.116. The third-order valence-corrected chi connectivity index (χ3v) is 7.79. The van der Waals surface area contributed by atoms with Gasteiger partial charge in [0.25, 0.3) is 0 Å². The van der Waals surface area contributed by atoms with E-state index in [4.69, 9.17) is 9.47 Å². The van der Waals surface area contributed by atoms with Gasteiger partial charge in [-0.1, -0.05) is 32.0 Å². The predicted octanol–water partition coefficient (Wildman–Crippen LogP) is 4.84. The van der Waals surface area contributed by atoms with E-state index < -0.39 is 15.9 Å². The molecule has 10 heteroatoms. The molecule has 1 aromatic heterocycles. The standard InChI is InChI=1S/C29H32N4O5S/c1-21(2)18-32(39(35,36)26-16-14-25(38-4)15-17-26)20-28(34)31-29-30-27(22-10-12-24(37-3)13-11-22)19-33(29)23-8-6-5-7-9-23/h5-17,19,21H,18,20H2,1-4H3,(H,30,31,34). The Balaban J connectivity index is 1.63. The smallest absolute Gasteiger partial charge is 0.243 e. The van der Waals surface area contributed by atoms with E-state index in [2.05, 4.69) is 10.3 Å². The Morgan fingerprint density at radius 2 is 1.51 bits per heavy atom. The number of aromatic nitrogens is 2. The van der Waals surface area contributed by atoms with E-state index in [1.807, 2.05) is 74.6 Å². The summed E-state index contributed by atoms with van der Waals surface area (Å²) < 4.78 is 40.3. The zero-order valence-electron chi connectivity index (χ0n) is 22.4. The summed E-state index contributed by atoms with van der Waals surface area (Å²) in [6.45, 7) is 3.60. The number of rotatable bonds is 11. The minimum atomic E-state index is -3.94. The topological polar surface area (TPSA) is 103 Å². The van der Waals surface area contributed by atoms with Gasteiger partial charge >= 0.3 is 0 Å². The Bertz CT molecular complexity index is 1500. The molecule has 4 rings (SSSR count). The van der Waals surface area contributed by atoms with Crippen molar-refractivity contribution < 1.29 is 22.7 Å². The van der Waals surface area contributed by atoms with Crippen LogP contribution in [0.25, 0.3) is 16.9 Å². The normalized spacial score (nSPS) is 11.5. The van der Waals surface area contributed by atoms with Crippen molar-refractivity contribution in [2.75, 3.05) is 32.6 Å². The molecule has 0 bridgehead atoms. The molecule has 0 fully saturated rings. The van der Waals surface area contributed by atoms with Gasteiger partial charge in [0.2, 0.25) is 21.9 Å². The van der Waals surface area contributed by atoms with Gasteiger partial charge in [-0.15, -0.1) is 0 Å². The average molecular weight is 549 g/mol. The van der Waals surface area contributed by atoms with E-state index in [0.717, 1.165) is 17.0 Å². The number of amides is 1. The maximum Gasteiger partial charge on any atom is 0.243 e. The first kappa shape index (κ1) is 27.9. The van der Waals surface area contributed by atoms with Gasteiger partial charge in [0, 0.05) is 24.0 Å². The maximum absolute atomic E-state index is 13.5. The van der Waals surface area contributed by atoms with Crippen molar-refractivity contribution in [3.05, 3.63) is 85.1 Å². The number of nitrogens with zero attached hydrogens (tertiary/aromatic N) is 3. The van der Waals surface area contributed by atoms with Crippen molar-refractivity contribution in [1.82, 2.24) is 13.9 Å². The van der Waals surface area contributed by atoms with Crippen LogP contribution in [0, 0.1) is 5.92 Å². The second-order valence-electron chi connectivity index (χ2n) is 9.30. The van der Waals surface area contributed by atoms with Crippen molar-refractivity contribution in [1.29, 1.82) is 0 Å². The first-order chi connectivity index (χ1) is 18.7. The van der Waals surface area contributed by atoms with E-state index in [9.17, 15) is 13.2 Å². The molecular weight excluding hydrogens is 516 g/mol. The molecule has 0 aliphatic heterocycles. The van der Waals surface area contributed by atoms with Gasteiger partial charge in [0.15, 0.2) is 0 Å². The molecule has 0 saturated carbocycles. The first-order valence-corrected chi connectivity index (χ1v) is 13.9. The van der Waals surface area contributed by atoms with Gasteiger partial charge < -0.3 is 9.47 Å². The van der Waals surface area contributed by atoms with Crippen LogP contribution in [0.15, 0.2) is 90.0 Å². The summed E-state index contributed by atoms with van der Waals surface area (Å²) in [5.74, 6) is 1.04. The fraction of sp³-hybridized carbons (Fsp3) is 0.241. The highest BCUT2D eigenvalue weighted by Gasteiger charge is 2.28. The molecule has 0 spiro atoms. The van der Waals surface area contributed by atoms with Crippen LogP contribution >= 0.6 is 0 Å². The number of imidazole rings is 1. The van der Waals surface area contributed by atoms with Crippen LogP contribution in [-0.4, -0.2) is 55.5 Å². The van der Waals surface area contributed by atoms with Crippen LogP contribution < -0.4 is 14.8 Å². The second kappa shape index (κ2) is 12.1. The number of carbonyl (C=O) groups is 1. The molecule has 0 saturated heterocycles. The second-order valence-corrected chi connectivity index (χ2v) is 11.2. The molecule has 204 valence electrons. The lowest BCUT2D eigenvalue weighted by Gasteiger charge is -2.23. The minimum absolute atomic E-state index is 0.00111. The van der Waals surface area contributed by atoms with Gasteiger partial charge in [-0.2, -0.15) is 4.31 Å². The molecule has 0 atom stereocenters. The van der Waals surface area contributed by atoms with Gasteiger partial charge in [0.1, 0.15) is 11.5 Å². The molecule has 4 aromatic rings. The highest BCUT2D eigenvalue weighted by molar-refractivity contribution is 7.89. The molecule has 0 aliphatic carbocycles. The Kier molecular flexibility index (Phi) is 8.68. The fourth-order valence-electron chi connectivity index (χ4n) is 4.03. The summed E-state index contributed by atoms with van der Waals surface area (Å²) in [5.41, 5.74) is 2.27. The van der Waals surface area contributed by atoms with Crippen LogP contribution in [0.2, 0.25) is 0 Å². The predicted molar refractivity (Wildman–Crippen MR) is 151 cm³/mol. The molecule has 39 heavy (non-hydrogen) atoms. The van der Waals surface area contributed by atoms with E-state index in [-0.39, 0.29) is 29.9 Å². The first-order valence-electron chi connectivity index (χ1n) is 12.4. The highest BCUT2D eigenvalue weighted by atomic mass is 32.2. The number of para-hydroxylation sites is 1. The minimum Gasteiger partial charge on any atom is -0.497 e. The van der Waals surface area contributed by atoms with Crippen LogP contribution in [-0.2, 0) is 14.8 Å². The van der Waals surface area contributed by atoms with E-state index >= 15 is 0 Å². The summed E-state index contributed by atoms with van der Waals surface area (Å²) in [6.07, 6.45) is 1.83. The number of nitrogens with one attached hydrogen (secondary N) is 1. The van der Waals surface area contributed by atoms with E-state index in [1.54, 1.807) is 23.8 Å². The third-order valence-electron chi connectivity index (χ3n) is 5.96. The van der Waals surface area contributed by atoms with Gasteiger partial charge in [-0.3, -0.25) is 14.7 Å². The lowest BCUT2D eigenvalue weighted by Crippen LogP contribution is -2.40. The zero-order valence-corrected chi connectivity index (χ0v) is 23.2. The fourth-order valence-corrected chi connectivity index (χ4v) is 5.59. The number of carbonyl (C=O) groups excluding carboxylic acids is 1. The number of anilines is 1. The van der Waals surface area contributed by atoms with Crippen molar-refractivity contribution in [3.63, 3.8) is 0 Å². The number of methoxy groups -OCH3 is 2. The van der Waals surface area contributed by atoms with Crippen LogP contribution in [0.3, 0.4) is 0 Å². The lowest BCUT2D eigenvalue weighted by atomic mass is 10.1. The van der Waals surface area contributed by atoms with Crippen LogP contribution in [0.4, 0.5) is 5.95 Å². The van der Waals surface area contributed by atoms with Crippen molar-refractivity contribution >= 4 is 21.9 Å². The molecule has 0 aliphatic rings. The third kappa shape index (κ3) is 6.65. The van der Waals surface area contributed by atoms with E-state index in [0.29, 0.717) is 11.4 Å². The Hall–Kier alpha value is -4.15. The van der Waals surface area contributed by atoms with Gasteiger partial charge in [-0.25, -0.2) is 13.4 Å². The SMILES string of the molecule is COc1ccc(-c2cn(-c3ccccc3)c(NC(=O)CN(CC(C)C)S(=O)(=O)c3ccc(OC)cc3)n2)cc1. The van der Waals surface area contributed by atoms with Crippen molar-refractivity contribution in [2.45, 2.75) is 18.7 Å². The van der Waals surface area contributed by atoms with Crippen molar-refractivity contribution in [3.8, 4) is 28.4 Å². The zero-order chi connectivity index (χ0) is 28.0. The molecule has 0 unspecified atom stereocenters. The summed E-state index contributed by atoms with van der Waals surface area (Å²) in [4.78, 5) is 18.0. The summed E-state index contributed by atoms with van der Waals surface area (Å²) in [6, 6.07) is 23.0. The number of hydrogen-bond donors (Lipinski definition) is 1. The summed E-state index contributed by atoms with van der Waals surface area (Å²) in [7, 11) is -0.824.